The van der Waals surface area contributed by atoms with E-state index in [-0.39, 0.29) is 35.1 Å². The van der Waals surface area contributed by atoms with Crippen molar-refractivity contribution in [1.82, 2.24) is 0 Å². The van der Waals surface area contributed by atoms with Gasteiger partial charge in [-0.05, 0) is 12.5 Å². The van der Waals surface area contributed by atoms with Crippen LogP contribution in [0.3, 0.4) is 0 Å². The largest absolute Gasteiger partial charge is 1.00 e. The average Bonchev–Trinajstić information content (AvgIpc) is 2.07. The minimum absolute atomic E-state index is 0. The molecule has 0 saturated carbocycles. The second-order valence-electron chi connectivity index (χ2n) is 2.51. The van der Waals surface area contributed by atoms with E-state index in [4.69, 9.17) is 5.26 Å². The van der Waals surface area contributed by atoms with E-state index in [1.54, 1.807) is 6.07 Å². The summed E-state index contributed by atoms with van der Waals surface area (Å²) in [6.07, 6.45) is 0.578. The topological polar surface area (TPSA) is 46.8 Å². The molecule has 0 bridgehead atoms. The number of hydrogen-bond acceptors (Lipinski definition) is 2. The van der Waals surface area contributed by atoms with Gasteiger partial charge >= 0.3 is 29.6 Å². The van der Waals surface area contributed by atoms with Crippen molar-refractivity contribution in [3.8, 4) is 6.07 Å². The van der Waals surface area contributed by atoms with Crippen LogP contribution < -0.4 is 34.7 Å². The van der Waals surface area contributed by atoms with Crippen molar-refractivity contribution in [3.05, 3.63) is 41.7 Å². The fraction of sp³-hybridized carbons (Fsp3) is 0.100. The number of rotatable bonds is 1. The molecule has 0 amide bonds. The first-order chi connectivity index (χ1) is 5.77. The minimum Gasteiger partial charge on any atom is -0.877 e. The smallest absolute Gasteiger partial charge is 0.877 e. The fourth-order valence-electron chi connectivity index (χ4n) is 0.972. The number of nitriles is 1. The van der Waals surface area contributed by atoms with Crippen LogP contribution in [0.15, 0.2) is 30.5 Å². The van der Waals surface area contributed by atoms with Gasteiger partial charge in [0.25, 0.3) is 0 Å². The summed E-state index contributed by atoms with van der Waals surface area (Å²) >= 11 is 0. The van der Waals surface area contributed by atoms with E-state index in [9.17, 15) is 5.11 Å². The van der Waals surface area contributed by atoms with Gasteiger partial charge in [-0.15, -0.1) is 6.26 Å². The molecular formula is C10H8NNaO. The Morgan fingerprint density at radius 1 is 1.54 bits per heavy atom. The summed E-state index contributed by atoms with van der Waals surface area (Å²) in [4.78, 5) is 0. The van der Waals surface area contributed by atoms with Crippen molar-refractivity contribution >= 4 is 5.57 Å². The van der Waals surface area contributed by atoms with Crippen molar-refractivity contribution in [2.24, 2.45) is 0 Å². The molecule has 0 unspecified atom stereocenters. The quantitative estimate of drug-likeness (QED) is 0.292. The van der Waals surface area contributed by atoms with Gasteiger partial charge in [-0.3, -0.25) is 0 Å². The Bertz CT molecular complexity index is 352. The second kappa shape index (κ2) is 5.82. The predicted molar refractivity (Wildman–Crippen MR) is 44.8 cm³/mol. The second-order valence-corrected chi connectivity index (χ2v) is 2.51. The molecule has 2 nitrogen and oxygen atoms in total. The molecule has 60 valence electrons. The predicted octanol–water partition coefficient (Wildman–Crippen LogP) is -1.78. The summed E-state index contributed by atoms with van der Waals surface area (Å²) < 4.78 is 0. The summed E-state index contributed by atoms with van der Waals surface area (Å²) in [5.41, 5.74) is 1.91. The molecule has 0 heterocycles. The molecule has 0 fully saturated rings. The van der Waals surface area contributed by atoms with E-state index < -0.39 is 0 Å². The maximum absolute atomic E-state index is 10.4. The molecule has 1 rings (SSSR count). The number of aryl methyl sites for hydroxylation is 1. The zero-order valence-corrected chi connectivity index (χ0v) is 9.74. The Morgan fingerprint density at radius 3 is 2.69 bits per heavy atom. The summed E-state index contributed by atoms with van der Waals surface area (Å²) in [6.45, 7) is 1.92. The van der Waals surface area contributed by atoms with Gasteiger partial charge in [0.2, 0.25) is 0 Å². The van der Waals surface area contributed by atoms with Crippen molar-refractivity contribution in [1.29, 1.82) is 5.26 Å². The van der Waals surface area contributed by atoms with Crippen LogP contribution in [0.1, 0.15) is 11.1 Å². The SMILES string of the molecule is Cc1cccc(/C(C#N)=C/[O-])c1.[Na+]. The zero-order chi connectivity index (χ0) is 8.97. The number of nitrogens with zero attached hydrogens (tertiary/aromatic N) is 1. The molecule has 0 aliphatic heterocycles. The molecule has 0 radical (unpaired) electrons. The van der Waals surface area contributed by atoms with Crippen molar-refractivity contribution in [3.63, 3.8) is 0 Å². The molecule has 3 heteroatoms. The van der Waals surface area contributed by atoms with Crippen LogP contribution in [0.2, 0.25) is 0 Å². The molecule has 0 aliphatic rings. The Hall–Kier alpha value is -0.750. The van der Waals surface area contributed by atoms with Crippen LogP contribution in [0.4, 0.5) is 0 Å². The van der Waals surface area contributed by atoms with Crippen molar-refractivity contribution in [2.75, 3.05) is 0 Å². The van der Waals surface area contributed by atoms with E-state index in [0.717, 1.165) is 5.56 Å². The van der Waals surface area contributed by atoms with Crippen LogP contribution in [-0.4, -0.2) is 0 Å². The van der Waals surface area contributed by atoms with Gasteiger partial charge in [0.1, 0.15) is 0 Å². The van der Waals surface area contributed by atoms with Gasteiger partial charge in [0.15, 0.2) is 0 Å². The van der Waals surface area contributed by atoms with Crippen LogP contribution in [0.5, 0.6) is 0 Å². The molecule has 0 aliphatic carbocycles. The van der Waals surface area contributed by atoms with Crippen LogP contribution >= 0.6 is 0 Å². The van der Waals surface area contributed by atoms with E-state index in [2.05, 4.69) is 0 Å². The van der Waals surface area contributed by atoms with Crippen molar-refractivity contribution in [2.45, 2.75) is 6.92 Å². The third kappa shape index (κ3) is 3.23. The molecule has 1 aromatic rings. The number of benzene rings is 1. The summed E-state index contributed by atoms with van der Waals surface area (Å²) in [5, 5.41) is 18.9. The Morgan fingerprint density at radius 2 is 2.23 bits per heavy atom. The Labute approximate surface area is 99.8 Å². The van der Waals surface area contributed by atoms with Crippen LogP contribution in [0, 0.1) is 18.3 Å². The van der Waals surface area contributed by atoms with E-state index >= 15 is 0 Å². The van der Waals surface area contributed by atoms with Gasteiger partial charge in [-0.25, -0.2) is 0 Å². The average molecular weight is 181 g/mol. The molecule has 0 N–H and O–H groups in total. The molecule has 13 heavy (non-hydrogen) atoms. The van der Waals surface area contributed by atoms with Gasteiger partial charge in [0, 0.05) is 5.57 Å². The summed E-state index contributed by atoms with van der Waals surface area (Å²) in [5.74, 6) is 0. The molecule has 0 spiro atoms. The molecule has 0 aromatic heterocycles. The Kier molecular flexibility index (Phi) is 5.48. The monoisotopic (exact) mass is 181 g/mol. The fourth-order valence-corrected chi connectivity index (χ4v) is 0.972. The first kappa shape index (κ1) is 12.2. The standard InChI is InChI=1S/C10H9NO.Na/c1-8-3-2-4-9(5-8)10(6-11)7-12;/h2-5,7,12H,1H3;/q;+1/p-1/b10-7+;. The summed E-state index contributed by atoms with van der Waals surface area (Å²) in [7, 11) is 0. The molecule has 0 saturated heterocycles. The van der Waals surface area contributed by atoms with Gasteiger partial charge in [0.05, 0.1) is 6.07 Å². The molecule has 0 atom stereocenters. The van der Waals surface area contributed by atoms with Crippen molar-refractivity contribution < 1.29 is 34.7 Å². The Balaban J connectivity index is 0.00000144. The van der Waals surface area contributed by atoms with E-state index in [1.807, 2.05) is 31.2 Å². The third-order valence-corrected chi connectivity index (χ3v) is 1.57. The third-order valence-electron chi connectivity index (χ3n) is 1.57. The number of allylic oxidation sites excluding steroid dienone is 1. The zero-order valence-electron chi connectivity index (χ0n) is 7.74. The van der Waals surface area contributed by atoms with E-state index in [1.165, 1.54) is 0 Å². The van der Waals surface area contributed by atoms with Crippen LogP contribution in [0.25, 0.3) is 5.57 Å². The van der Waals surface area contributed by atoms with Gasteiger partial charge in [-0.2, -0.15) is 5.26 Å². The normalized spacial score (nSPS) is 10.0. The maximum Gasteiger partial charge on any atom is 1.00 e. The van der Waals surface area contributed by atoms with E-state index in [0.29, 0.717) is 11.8 Å². The maximum atomic E-state index is 10.4. The number of hydrogen-bond donors (Lipinski definition) is 0. The first-order valence-corrected chi connectivity index (χ1v) is 3.57. The molecular weight excluding hydrogens is 173 g/mol. The minimum atomic E-state index is 0. The molecule has 1 aromatic carbocycles. The van der Waals surface area contributed by atoms with Crippen LogP contribution in [-0.2, 0) is 0 Å². The van der Waals surface area contributed by atoms with Gasteiger partial charge < -0.3 is 5.11 Å². The first-order valence-electron chi connectivity index (χ1n) is 3.57. The summed E-state index contributed by atoms with van der Waals surface area (Å²) in [6, 6.07) is 9.15. The van der Waals surface area contributed by atoms with Gasteiger partial charge in [-0.1, -0.05) is 29.8 Å².